The summed E-state index contributed by atoms with van der Waals surface area (Å²) in [6.07, 6.45) is 1.97. The molecule has 1 N–H and O–H groups in total. The number of benzene rings is 2. The van der Waals surface area contributed by atoms with E-state index in [0.29, 0.717) is 17.4 Å². The van der Waals surface area contributed by atoms with Crippen molar-refractivity contribution in [2.75, 3.05) is 14.2 Å². The summed E-state index contributed by atoms with van der Waals surface area (Å²) in [4.78, 5) is 20.5. The van der Waals surface area contributed by atoms with Crippen LogP contribution in [0, 0.1) is 6.92 Å². The smallest absolute Gasteiger partial charge is 0.308 e. The van der Waals surface area contributed by atoms with Gasteiger partial charge in [-0.3, -0.25) is 14.4 Å². The highest BCUT2D eigenvalue weighted by molar-refractivity contribution is 6.16. The lowest BCUT2D eigenvalue weighted by molar-refractivity contribution is -0.141. The van der Waals surface area contributed by atoms with Crippen molar-refractivity contribution in [1.29, 1.82) is 0 Å². The van der Waals surface area contributed by atoms with Crippen LogP contribution in [-0.4, -0.2) is 45.6 Å². The monoisotopic (exact) mass is 415 g/mol. The van der Waals surface area contributed by atoms with Crippen molar-refractivity contribution in [1.82, 2.24) is 19.7 Å². The van der Waals surface area contributed by atoms with Crippen LogP contribution in [0.2, 0.25) is 0 Å². The summed E-state index contributed by atoms with van der Waals surface area (Å²) in [5.74, 6) is 1.67. The quantitative estimate of drug-likeness (QED) is 0.515. The Balaban J connectivity index is 1.79. The molecule has 0 amide bonds. The molecule has 3 heterocycles. The van der Waals surface area contributed by atoms with Crippen LogP contribution < -0.4 is 4.74 Å². The predicted molar refractivity (Wildman–Crippen MR) is 116 cm³/mol. The SMILES string of the molecule is COC(=O)C[C@@H]1N=C(c2ccc3cc[nH]c3c2)c2cc(OC)ccc2-n2c(C)nnc21. The maximum absolute atomic E-state index is 12.2. The molecule has 0 bridgehead atoms. The third kappa shape index (κ3) is 3.16. The molecule has 2 aromatic carbocycles. The van der Waals surface area contributed by atoms with E-state index in [-0.39, 0.29) is 12.4 Å². The van der Waals surface area contributed by atoms with Crippen LogP contribution in [0.4, 0.5) is 0 Å². The maximum Gasteiger partial charge on any atom is 0.308 e. The summed E-state index contributed by atoms with van der Waals surface area (Å²) in [6, 6.07) is 13.5. The number of carbonyl (C=O) groups is 1. The molecular formula is C23H21N5O3. The highest BCUT2D eigenvalue weighted by atomic mass is 16.5. The highest BCUT2D eigenvalue weighted by Gasteiger charge is 2.30. The minimum Gasteiger partial charge on any atom is -0.497 e. The van der Waals surface area contributed by atoms with Crippen molar-refractivity contribution in [3.63, 3.8) is 0 Å². The topological polar surface area (TPSA) is 94.4 Å². The number of carbonyl (C=O) groups excluding carboxylic acids is 1. The maximum atomic E-state index is 12.2. The van der Waals surface area contributed by atoms with Gasteiger partial charge >= 0.3 is 5.97 Å². The number of aryl methyl sites for hydroxylation is 1. The van der Waals surface area contributed by atoms with Gasteiger partial charge in [0.25, 0.3) is 0 Å². The number of fused-ring (bicyclic) bond motifs is 4. The normalized spacial score (nSPS) is 15.1. The number of nitrogens with zero attached hydrogens (tertiary/aromatic N) is 4. The Hall–Kier alpha value is -3.94. The number of H-pyrrole nitrogens is 1. The summed E-state index contributed by atoms with van der Waals surface area (Å²) in [7, 11) is 3.01. The molecular weight excluding hydrogens is 394 g/mol. The molecule has 0 fully saturated rings. The molecule has 156 valence electrons. The van der Waals surface area contributed by atoms with Crippen molar-refractivity contribution < 1.29 is 14.3 Å². The molecule has 0 unspecified atom stereocenters. The van der Waals surface area contributed by atoms with Gasteiger partial charge in [0.2, 0.25) is 0 Å². The van der Waals surface area contributed by atoms with Gasteiger partial charge in [0, 0.05) is 22.8 Å². The lowest BCUT2D eigenvalue weighted by atomic mass is 9.99. The number of ether oxygens (including phenoxy) is 2. The predicted octanol–water partition coefficient (Wildman–Crippen LogP) is 3.52. The Bertz CT molecular complexity index is 1330. The van der Waals surface area contributed by atoms with E-state index in [1.807, 2.05) is 48.0 Å². The Morgan fingerprint density at radius 2 is 2.00 bits per heavy atom. The lowest BCUT2D eigenvalue weighted by Crippen LogP contribution is -2.12. The summed E-state index contributed by atoms with van der Waals surface area (Å²) in [5, 5.41) is 9.72. The third-order valence-corrected chi connectivity index (χ3v) is 5.55. The number of hydrogen-bond acceptors (Lipinski definition) is 6. The zero-order valence-corrected chi connectivity index (χ0v) is 17.4. The standard InChI is InChI=1S/C23H21N5O3/c1-13-26-27-23-19(12-21(29)31-3)25-22(15-5-4-14-8-9-24-18(14)10-15)17-11-16(30-2)6-7-20(17)28(13)23/h4-11,19,24H,12H2,1-3H3/t19-/m0/s1. The average Bonchev–Trinajstić information content (AvgIpc) is 3.38. The van der Waals surface area contributed by atoms with E-state index in [0.717, 1.165) is 33.4 Å². The van der Waals surface area contributed by atoms with Crippen molar-refractivity contribution in [3.05, 3.63) is 71.4 Å². The molecule has 0 saturated heterocycles. The fourth-order valence-electron chi connectivity index (χ4n) is 4.01. The average molecular weight is 415 g/mol. The van der Waals surface area contributed by atoms with Crippen LogP contribution in [0.25, 0.3) is 16.6 Å². The van der Waals surface area contributed by atoms with Crippen LogP contribution in [0.5, 0.6) is 5.75 Å². The van der Waals surface area contributed by atoms with Crippen molar-refractivity contribution in [3.8, 4) is 11.4 Å². The summed E-state index contributed by atoms with van der Waals surface area (Å²) >= 11 is 0. The Morgan fingerprint density at radius 3 is 2.81 bits per heavy atom. The van der Waals surface area contributed by atoms with Gasteiger partial charge in [0.1, 0.15) is 17.6 Å². The second-order valence-electron chi connectivity index (χ2n) is 7.38. The van der Waals surface area contributed by atoms with Crippen LogP contribution in [0.1, 0.15) is 35.2 Å². The van der Waals surface area contributed by atoms with E-state index in [1.165, 1.54) is 7.11 Å². The highest BCUT2D eigenvalue weighted by Crippen LogP contribution is 2.34. The van der Waals surface area contributed by atoms with Gasteiger partial charge < -0.3 is 14.5 Å². The molecule has 0 spiro atoms. The van der Waals surface area contributed by atoms with E-state index < -0.39 is 6.04 Å². The summed E-state index contributed by atoms with van der Waals surface area (Å²) in [5.41, 5.74) is 4.45. The largest absolute Gasteiger partial charge is 0.497 e. The van der Waals surface area contributed by atoms with E-state index in [2.05, 4.69) is 27.3 Å². The number of methoxy groups -OCH3 is 2. The number of nitrogens with one attached hydrogen (secondary N) is 1. The van der Waals surface area contributed by atoms with Gasteiger partial charge in [0.15, 0.2) is 5.82 Å². The number of esters is 1. The minimum absolute atomic E-state index is 0.0635. The molecule has 4 aromatic rings. The second kappa shape index (κ2) is 7.39. The zero-order chi connectivity index (χ0) is 21.5. The van der Waals surface area contributed by atoms with Crippen molar-refractivity contribution in [2.45, 2.75) is 19.4 Å². The van der Waals surface area contributed by atoms with Crippen LogP contribution in [0.15, 0.2) is 53.7 Å². The number of aromatic nitrogens is 4. The van der Waals surface area contributed by atoms with Crippen LogP contribution in [0.3, 0.4) is 0 Å². The first-order valence-corrected chi connectivity index (χ1v) is 9.92. The summed E-state index contributed by atoms with van der Waals surface area (Å²) < 4.78 is 12.4. The molecule has 8 heteroatoms. The first kappa shape index (κ1) is 19.0. The van der Waals surface area contributed by atoms with Gasteiger partial charge in [-0.05, 0) is 42.6 Å². The third-order valence-electron chi connectivity index (χ3n) is 5.55. The van der Waals surface area contributed by atoms with E-state index in [4.69, 9.17) is 14.5 Å². The van der Waals surface area contributed by atoms with E-state index >= 15 is 0 Å². The number of aliphatic imine (C=N–C) groups is 1. The molecule has 1 atom stereocenters. The molecule has 2 aromatic heterocycles. The van der Waals surface area contributed by atoms with Gasteiger partial charge in [-0.2, -0.15) is 0 Å². The molecule has 8 nitrogen and oxygen atoms in total. The number of hydrogen-bond donors (Lipinski definition) is 1. The molecule has 0 aliphatic carbocycles. The zero-order valence-electron chi connectivity index (χ0n) is 17.4. The fourth-order valence-corrected chi connectivity index (χ4v) is 4.01. The van der Waals surface area contributed by atoms with Crippen LogP contribution >= 0.6 is 0 Å². The first-order valence-electron chi connectivity index (χ1n) is 9.92. The number of aromatic amines is 1. The Kier molecular flexibility index (Phi) is 4.54. The summed E-state index contributed by atoms with van der Waals surface area (Å²) in [6.45, 7) is 1.88. The second-order valence-corrected chi connectivity index (χ2v) is 7.38. The molecule has 0 saturated carbocycles. The molecule has 0 radical (unpaired) electrons. The van der Waals surface area contributed by atoms with Gasteiger partial charge in [0.05, 0.1) is 32.0 Å². The molecule has 1 aliphatic rings. The fraction of sp³-hybridized carbons (Fsp3) is 0.217. The molecule has 31 heavy (non-hydrogen) atoms. The van der Waals surface area contributed by atoms with Gasteiger partial charge in [-0.25, -0.2) is 0 Å². The molecule has 1 aliphatic heterocycles. The minimum atomic E-state index is -0.540. The van der Waals surface area contributed by atoms with Gasteiger partial charge in [-0.15, -0.1) is 10.2 Å². The Morgan fingerprint density at radius 1 is 1.13 bits per heavy atom. The van der Waals surface area contributed by atoms with Crippen LogP contribution in [-0.2, 0) is 9.53 Å². The molecule has 5 rings (SSSR count). The first-order chi connectivity index (χ1) is 15.1. The van der Waals surface area contributed by atoms with E-state index in [1.54, 1.807) is 7.11 Å². The van der Waals surface area contributed by atoms with Crippen molar-refractivity contribution >= 4 is 22.6 Å². The Labute approximate surface area is 178 Å². The lowest BCUT2D eigenvalue weighted by Gasteiger charge is -2.14. The number of rotatable bonds is 4. The van der Waals surface area contributed by atoms with Crippen molar-refractivity contribution in [2.24, 2.45) is 4.99 Å². The van der Waals surface area contributed by atoms with E-state index in [9.17, 15) is 4.79 Å². The van der Waals surface area contributed by atoms with Gasteiger partial charge in [-0.1, -0.05) is 12.1 Å².